The van der Waals surface area contributed by atoms with Crippen molar-refractivity contribution in [1.82, 2.24) is 19.9 Å². The van der Waals surface area contributed by atoms with Crippen molar-refractivity contribution in [2.75, 3.05) is 17.7 Å². The van der Waals surface area contributed by atoms with Crippen LogP contribution < -0.4 is 10.6 Å². The number of nitrogens with zero attached hydrogens (tertiary/aromatic N) is 4. The van der Waals surface area contributed by atoms with E-state index in [-0.39, 0.29) is 5.28 Å². The van der Waals surface area contributed by atoms with Crippen LogP contribution in [0.1, 0.15) is 0 Å². The third-order valence-corrected chi connectivity index (χ3v) is 3.38. The molecule has 3 rings (SSSR count). The van der Waals surface area contributed by atoms with E-state index in [0.29, 0.717) is 11.9 Å². The molecule has 0 aliphatic carbocycles. The number of hydrogen-bond donors (Lipinski definition) is 2. The molecular formula is C11H9ClN6S. The molecule has 0 bridgehead atoms. The lowest BCUT2D eigenvalue weighted by Gasteiger charge is -2.06. The molecule has 0 saturated heterocycles. The summed E-state index contributed by atoms with van der Waals surface area (Å²) in [5.74, 6) is 0.814. The second-order valence-electron chi connectivity index (χ2n) is 3.66. The molecule has 0 spiro atoms. The summed E-state index contributed by atoms with van der Waals surface area (Å²) in [6, 6.07) is 5.85. The first-order valence-corrected chi connectivity index (χ1v) is 6.70. The van der Waals surface area contributed by atoms with Gasteiger partial charge in [0.25, 0.3) is 0 Å². The van der Waals surface area contributed by atoms with Crippen molar-refractivity contribution in [2.45, 2.75) is 0 Å². The van der Waals surface area contributed by atoms with Crippen LogP contribution in [0, 0.1) is 0 Å². The van der Waals surface area contributed by atoms with Crippen LogP contribution in [0.15, 0.2) is 23.7 Å². The average Bonchev–Trinajstić information content (AvgIpc) is 2.85. The SMILES string of the molecule is CNc1nc(Cl)nc(Nc2ccc3ncsc3c2)n1. The van der Waals surface area contributed by atoms with Gasteiger partial charge >= 0.3 is 0 Å². The Morgan fingerprint density at radius 2 is 2.00 bits per heavy atom. The fourth-order valence-corrected chi connectivity index (χ4v) is 2.46. The lowest BCUT2D eigenvalue weighted by atomic mass is 10.3. The molecule has 3 aromatic rings. The van der Waals surface area contributed by atoms with Gasteiger partial charge in [-0.15, -0.1) is 11.3 Å². The summed E-state index contributed by atoms with van der Waals surface area (Å²) in [6.07, 6.45) is 0. The van der Waals surface area contributed by atoms with Crippen LogP contribution in [0.2, 0.25) is 5.28 Å². The van der Waals surface area contributed by atoms with E-state index in [1.807, 2.05) is 23.7 Å². The van der Waals surface area contributed by atoms with Gasteiger partial charge in [-0.1, -0.05) is 0 Å². The molecule has 19 heavy (non-hydrogen) atoms. The molecule has 96 valence electrons. The molecule has 0 aliphatic rings. The van der Waals surface area contributed by atoms with Gasteiger partial charge in [-0.05, 0) is 29.8 Å². The lowest BCUT2D eigenvalue weighted by molar-refractivity contribution is 1.05. The molecule has 0 unspecified atom stereocenters. The molecule has 0 saturated carbocycles. The molecule has 0 atom stereocenters. The van der Waals surface area contributed by atoms with Crippen LogP contribution in [-0.4, -0.2) is 27.0 Å². The fraction of sp³-hybridized carbons (Fsp3) is 0.0909. The molecular weight excluding hydrogens is 284 g/mol. The van der Waals surface area contributed by atoms with Gasteiger partial charge in [0.15, 0.2) is 0 Å². The Kier molecular flexibility index (Phi) is 3.14. The molecule has 6 nitrogen and oxygen atoms in total. The van der Waals surface area contributed by atoms with Gasteiger partial charge in [-0.3, -0.25) is 0 Å². The first-order chi connectivity index (χ1) is 9.24. The zero-order chi connectivity index (χ0) is 13.2. The van der Waals surface area contributed by atoms with Gasteiger partial charge in [-0.2, -0.15) is 15.0 Å². The monoisotopic (exact) mass is 292 g/mol. The second-order valence-corrected chi connectivity index (χ2v) is 4.89. The van der Waals surface area contributed by atoms with Crippen LogP contribution in [0.5, 0.6) is 0 Å². The molecule has 1 aromatic carbocycles. The lowest BCUT2D eigenvalue weighted by Crippen LogP contribution is -2.03. The first-order valence-electron chi connectivity index (χ1n) is 5.44. The molecule has 0 amide bonds. The summed E-state index contributed by atoms with van der Waals surface area (Å²) in [4.78, 5) is 16.3. The minimum absolute atomic E-state index is 0.140. The van der Waals surface area contributed by atoms with Crippen LogP contribution in [-0.2, 0) is 0 Å². The van der Waals surface area contributed by atoms with Crippen molar-refractivity contribution in [3.63, 3.8) is 0 Å². The highest BCUT2D eigenvalue weighted by Crippen LogP contribution is 2.23. The molecule has 0 fully saturated rings. The molecule has 8 heteroatoms. The van der Waals surface area contributed by atoms with Crippen molar-refractivity contribution in [2.24, 2.45) is 0 Å². The fourth-order valence-electron chi connectivity index (χ4n) is 1.58. The minimum atomic E-state index is 0.140. The molecule has 2 N–H and O–H groups in total. The second kappa shape index (κ2) is 4.94. The van der Waals surface area contributed by atoms with Crippen LogP contribution in [0.25, 0.3) is 10.2 Å². The molecule has 0 aliphatic heterocycles. The number of benzene rings is 1. The Hall–Kier alpha value is -1.99. The first kappa shape index (κ1) is 12.1. The van der Waals surface area contributed by atoms with Crippen molar-refractivity contribution < 1.29 is 0 Å². The smallest absolute Gasteiger partial charge is 0.233 e. The topological polar surface area (TPSA) is 75.6 Å². The highest BCUT2D eigenvalue weighted by atomic mass is 35.5. The number of rotatable bonds is 3. The molecule has 2 aromatic heterocycles. The zero-order valence-corrected chi connectivity index (χ0v) is 11.5. The summed E-state index contributed by atoms with van der Waals surface area (Å²) >= 11 is 7.40. The van der Waals surface area contributed by atoms with Gasteiger partial charge in [0, 0.05) is 12.7 Å². The van der Waals surface area contributed by atoms with E-state index in [1.165, 1.54) is 0 Å². The Balaban J connectivity index is 1.93. The Morgan fingerprint density at radius 1 is 1.16 bits per heavy atom. The van der Waals surface area contributed by atoms with E-state index in [1.54, 1.807) is 18.4 Å². The number of hydrogen-bond acceptors (Lipinski definition) is 7. The van der Waals surface area contributed by atoms with Gasteiger partial charge in [0.05, 0.1) is 15.7 Å². The van der Waals surface area contributed by atoms with E-state index in [4.69, 9.17) is 11.6 Å². The van der Waals surface area contributed by atoms with Gasteiger partial charge in [-0.25, -0.2) is 4.98 Å². The van der Waals surface area contributed by atoms with Crippen molar-refractivity contribution in [1.29, 1.82) is 0 Å². The Bertz CT molecular complexity index is 728. The summed E-state index contributed by atoms with van der Waals surface area (Å²) in [7, 11) is 1.72. The van der Waals surface area contributed by atoms with Crippen LogP contribution in [0.3, 0.4) is 0 Å². The standard InChI is InChI=1S/C11H9ClN6S/c1-13-10-16-9(12)17-11(18-10)15-6-2-3-7-8(4-6)19-5-14-7/h2-5H,1H3,(H2,13,15,16,17,18). The van der Waals surface area contributed by atoms with Gasteiger partial charge in [0.1, 0.15) is 0 Å². The normalized spacial score (nSPS) is 10.6. The predicted octanol–water partition coefficient (Wildman–Crippen LogP) is 2.92. The molecule has 2 heterocycles. The number of anilines is 3. The summed E-state index contributed by atoms with van der Waals surface area (Å²) in [6.45, 7) is 0. The van der Waals surface area contributed by atoms with E-state index >= 15 is 0 Å². The van der Waals surface area contributed by atoms with Crippen LogP contribution >= 0.6 is 22.9 Å². The number of fused-ring (bicyclic) bond motifs is 1. The third-order valence-electron chi connectivity index (χ3n) is 2.42. The van der Waals surface area contributed by atoms with E-state index in [2.05, 4.69) is 30.6 Å². The number of thiazole rings is 1. The third kappa shape index (κ3) is 2.56. The van der Waals surface area contributed by atoms with E-state index in [0.717, 1.165) is 15.9 Å². The minimum Gasteiger partial charge on any atom is -0.357 e. The number of aromatic nitrogens is 4. The van der Waals surface area contributed by atoms with Gasteiger partial charge < -0.3 is 10.6 Å². The Morgan fingerprint density at radius 3 is 2.84 bits per heavy atom. The number of halogens is 1. The Labute approximate surface area is 117 Å². The maximum atomic E-state index is 5.82. The van der Waals surface area contributed by atoms with Crippen molar-refractivity contribution >= 4 is 50.7 Å². The maximum Gasteiger partial charge on any atom is 0.233 e. The largest absolute Gasteiger partial charge is 0.357 e. The summed E-state index contributed by atoms with van der Waals surface area (Å²) in [5, 5.41) is 6.06. The van der Waals surface area contributed by atoms with Crippen molar-refractivity contribution in [3.05, 3.63) is 29.0 Å². The summed E-state index contributed by atoms with van der Waals surface area (Å²) < 4.78 is 1.10. The highest BCUT2D eigenvalue weighted by Gasteiger charge is 2.05. The number of nitrogens with one attached hydrogen (secondary N) is 2. The van der Waals surface area contributed by atoms with Gasteiger partial charge in [0.2, 0.25) is 17.2 Å². The predicted molar refractivity (Wildman–Crippen MR) is 77.3 cm³/mol. The zero-order valence-electron chi connectivity index (χ0n) is 9.88. The van der Waals surface area contributed by atoms with Crippen LogP contribution in [0.4, 0.5) is 17.6 Å². The highest BCUT2D eigenvalue weighted by molar-refractivity contribution is 7.16. The quantitative estimate of drug-likeness (QED) is 0.773. The summed E-state index contributed by atoms with van der Waals surface area (Å²) in [5.41, 5.74) is 3.66. The average molecular weight is 293 g/mol. The molecule has 0 radical (unpaired) electrons. The van der Waals surface area contributed by atoms with E-state index < -0.39 is 0 Å². The van der Waals surface area contributed by atoms with E-state index in [9.17, 15) is 0 Å². The van der Waals surface area contributed by atoms with Crippen molar-refractivity contribution in [3.8, 4) is 0 Å². The maximum absolute atomic E-state index is 5.82.